The molecule has 17 heavy (non-hydrogen) atoms. The minimum atomic E-state index is -0.121. The van der Waals surface area contributed by atoms with Gasteiger partial charge < -0.3 is 5.32 Å². The van der Waals surface area contributed by atoms with Gasteiger partial charge in [0.05, 0.1) is 0 Å². The Labute approximate surface area is 116 Å². The lowest BCUT2D eigenvalue weighted by Crippen LogP contribution is -2.11. The standard InChI is InChI=1S/C13H9Br2NO/c14-10-4-1-3-9(7-10)13(17)16-12-6-2-5-11(15)8-12/h1-8H,(H,16,17). The highest BCUT2D eigenvalue weighted by Crippen LogP contribution is 2.17. The topological polar surface area (TPSA) is 29.1 Å². The lowest BCUT2D eigenvalue weighted by atomic mass is 10.2. The van der Waals surface area contributed by atoms with Crippen LogP contribution in [0.15, 0.2) is 57.5 Å². The molecule has 2 aromatic carbocycles. The number of hydrogen-bond donors (Lipinski definition) is 1. The van der Waals surface area contributed by atoms with Crippen molar-refractivity contribution in [3.05, 3.63) is 63.0 Å². The quantitative estimate of drug-likeness (QED) is 0.847. The van der Waals surface area contributed by atoms with E-state index in [0.29, 0.717) is 5.56 Å². The van der Waals surface area contributed by atoms with Crippen molar-refractivity contribution in [2.75, 3.05) is 5.32 Å². The van der Waals surface area contributed by atoms with Crippen LogP contribution in [0.2, 0.25) is 0 Å². The smallest absolute Gasteiger partial charge is 0.255 e. The Balaban J connectivity index is 2.17. The van der Waals surface area contributed by atoms with Crippen LogP contribution in [0.3, 0.4) is 0 Å². The first-order valence-corrected chi connectivity index (χ1v) is 6.56. The van der Waals surface area contributed by atoms with Crippen molar-refractivity contribution in [2.24, 2.45) is 0 Å². The number of amides is 1. The first-order chi connectivity index (χ1) is 8.15. The summed E-state index contributed by atoms with van der Waals surface area (Å²) in [7, 11) is 0. The molecule has 2 nitrogen and oxygen atoms in total. The molecule has 86 valence electrons. The molecule has 0 saturated heterocycles. The highest BCUT2D eigenvalue weighted by molar-refractivity contribution is 9.10. The van der Waals surface area contributed by atoms with Gasteiger partial charge in [0.1, 0.15) is 0 Å². The molecule has 0 saturated carbocycles. The van der Waals surface area contributed by atoms with Crippen molar-refractivity contribution >= 4 is 43.5 Å². The summed E-state index contributed by atoms with van der Waals surface area (Å²) in [5.74, 6) is -0.121. The van der Waals surface area contributed by atoms with E-state index >= 15 is 0 Å². The van der Waals surface area contributed by atoms with Crippen molar-refractivity contribution < 1.29 is 4.79 Å². The zero-order valence-electron chi connectivity index (χ0n) is 8.78. The van der Waals surface area contributed by atoms with Crippen molar-refractivity contribution in [1.29, 1.82) is 0 Å². The average Bonchev–Trinajstić information content (AvgIpc) is 2.29. The van der Waals surface area contributed by atoms with Gasteiger partial charge in [0, 0.05) is 20.2 Å². The fourth-order valence-corrected chi connectivity index (χ4v) is 2.20. The van der Waals surface area contributed by atoms with Gasteiger partial charge in [0.15, 0.2) is 0 Å². The molecule has 2 aromatic rings. The zero-order valence-corrected chi connectivity index (χ0v) is 12.0. The molecule has 1 amide bonds. The van der Waals surface area contributed by atoms with Gasteiger partial charge in [0.25, 0.3) is 5.91 Å². The summed E-state index contributed by atoms with van der Waals surface area (Å²) in [6, 6.07) is 14.8. The predicted octanol–water partition coefficient (Wildman–Crippen LogP) is 4.46. The largest absolute Gasteiger partial charge is 0.322 e. The van der Waals surface area contributed by atoms with Crippen molar-refractivity contribution in [1.82, 2.24) is 0 Å². The number of nitrogens with one attached hydrogen (secondary N) is 1. The third-order valence-corrected chi connectivity index (χ3v) is 3.16. The summed E-state index contributed by atoms with van der Waals surface area (Å²) >= 11 is 6.70. The molecule has 0 unspecified atom stereocenters. The third-order valence-electron chi connectivity index (χ3n) is 2.17. The van der Waals surface area contributed by atoms with Crippen LogP contribution in [0.4, 0.5) is 5.69 Å². The Bertz CT molecular complexity index is 555. The van der Waals surface area contributed by atoms with Gasteiger partial charge in [0.2, 0.25) is 0 Å². The second-order valence-corrected chi connectivity index (χ2v) is 5.31. The lowest BCUT2D eigenvalue weighted by molar-refractivity contribution is 0.102. The molecule has 0 aliphatic heterocycles. The van der Waals surface area contributed by atoms with Crippen molar-refractivity contribution in [3.8, 4) is 0 Å². The SMILES string of the molecule is O=C(Nc1cccc(Br)c1)c1cccc(Br)c1. The molecule has 0 aliphatic carbocycles. The summed E-state index contributed by atoms with van der Waals surface area (Å²) < 4.78 is 1.82. The number of rotatable bonds is 2. The van der Waals surface area contributed by atoms with E-state index in [4.69, 9.17) is 0 Å². The Morgan fingerprint density at radius 2 is 1.59 bits per heavy atom. The molecule has 0 aromatic heterocycles. The van der Waals surface area contributed by atoms with E-state index < -0.39 is 0 Å². The first-order valence-electron chi connectivity index (χ1n) is 4.97. The molecular weight excluding hydrogens is 346 g/mol. The molecular formula is C13H9Br2NO. The molecule has 4 heteroatoms. The number of halogens is 2. The second-order valence-electron chi connectivity index (χ2n) is 3.47. The van der Waals surface area contributed by atoms with Crippen molar-refractivity contribution in [3.63, 3.8) is 0 Å². The Hall–Kier alpha value is -1.13. The van der Waals surface area contributed by atoms with Crippen LogP contribution in [0, 0.1) is 0 Å². The van der Waals surface area contributed by atoms with Crippen LogP contribution in [0.1, 0.15) is 10.4 Å². The van der Waals surface area contributed by atoms with Crippen molar-refractivity contribution in [2.45, 2.75) is 0 Å². The van der Waals surface area contributed by atoms with E-state index in [-0.39, 0.29) is 5.91 Å². The summed E-state index contributed by atoms with van der Waals surface area (Å²) in [5.41, 5.74) is 1.39. The fourth-order valence-electron chi connectivity index (χ4n) is 1.40. The summed E-state index contributed by atoms with van der Waals surface area (Å²) in [4.78, 5) is 11.9. The maximum absolute atomic E-state index is 11.9. The van der Waals surface area contributed by atoms with E-state index in [0.717, 1.165) is 14.6 Å². The van der Waals surface area contributed by atoms with E-state index in [2.05, 4.69) is 37.2 Å². The highest BCUT2D eigenvalue weighted by atomic mass is 79.9. The highest BCUT2D eigenvalue weighted by Gasteiger charge is 2.06. The second kappa shape index (κ2) is 5.47. The molecule has 0 bridgehead atoms. The monoisotopic (exact) mass is 353 g/mol. The molecule has 0 radical (unpaired) electrons. The van der Waals surface area contributed by atoms with Crippen LogP contribution in [-0.4, -0.2) is 5.91 Å². The summed E-state index contributed by atoms with van der Waals surface area (Å²) in [6.07, 6.45) is 0. The zero-order chi connectivity index (χ0) is 12.3. The van der Waals surface area contributed by atoms with E-state index in [1.165, 1.54) is 0 Å². The molecule has 1 N–H and O–H groups in total. The fraction of sp³-hybridized carbons (Fsp3) is 0. The van der Waals surface area contributed by atoms with Crippen LogP contribution in [0.5, 0.6) is 0 Å². The van der Waals surface area contributed by atoms with Crippen LogP contribution in [-0.2, 0) is 0 Å². The Morgan fingerprint density at radius 1 is 0.941 bits per heavy atom. The third kappa shape index (κ3) is 3.41. The first kappa shape index (κ1) is 12.3. The molecule has 0 spiro atoms. The Morgan fingerprint density at radius 3 is 2.24 bits per heavy atom. The number of anilines is 1. The summed E-state index contributed by atoms with van der Waals surface area (Å²) in [5, 5.41) is 2.84. The molecule has 0 aliphatic rings. The van der Waals surface area contributed by atoms with Gasteiger partial charge in [-0.15, -0.1) is 0 Å². The molecule has 0 heterocycles. The summed E-state index contributed by atoms with van der Waals surface area (Å²) in [6.45, 7) is 0. The minimum Gasteiger partial charge on any atom is -0.322 e. The average molecular weight is 355 g/mol. The van der Waals surface area contributed by atoms with Crippen LogP contribution >= 0.6 is 31.9 Å². The van der Waals surface area contributed by atoms with Gasteiger partial charge in [-0.05, 0) is 36.4 Å². The maximum atomic E-state index is 11.9. The maximum Gasteiger partial charge on any atom is 0.255 e. The van der Waals surface area contributed by atoms with Gasteiger partial charge >= 0.3 is 0 Å². The lowest BCUT2D eigenvalue weighted by Gasteiger charge is -2.05. The van der Waals surface area contributed by atoms with E-state index in [9.17, 15) is 4.79 Å². The van der Waals surface area contributed by atoms with E-state index in [1.807, 2.05) is 36.4 Å². The van der Waals surface area contributed by atoms with Crippen LogP contribution < -0.4 is 5.32 Å². The minimum absolute atomic E-state index is 0.121. The number of hydrogen-bond acceptors (Lipinski definition) is 1. The normalized spacial score (nSPS) is 10.0. The van der Waals surface area contributed by atoms with E-state index in [1.54, 1.807) is 12.1 Å². The van der Waals surface area contributed by atoms with Gasteiger partial charge in [-0.1, -0.05) is 44.0 Å². The van der Waals surface area contributed by atoms with Gasteiger partial charge in [-0.2, -0.15) is 0 Å². The van der Waals surface area contributed by atoms with Gasteiger partial charge in [-0.25, -0.2) is 0 Å². The Kier molecular flexibility index (Phi) is 3.97. The predicted molar refractivity (Wildman–Crippen MR) is 76.2 cm³/mol. The number of carbonyl (C=O) groups is 1. The molecule has 0 fully saturated rings. The molecule has 2 rings (SSSR count). The number of carbonyl (C=O) groups excluding carboxylic acids is 1. The number of benzene rings is 2. The van der Waals surface area contributed by atoms with Crippen LogP contribution in [0.25, 0.3) is 0 Å². The molecule has 0 atom stereocenters. The van der Waals surface area contributed by atoms with Gasteiger partial charge in [-0.3, -0.25) is 4.79 Å².